The molecule has 25 heavy (non-hydrogen) atoms. The van der Waals surface area contributed by atoms with E-state index >= 15 is 0 Å². The monoisotopic (exact) mass is 344 g/mol. The van der Waals surface area contributed by atoms with Crippen LogP contribution in [-0.2, 0) is 9.47 Å². The molecule has 0 aromatic heterocycles. The molecule has 0 bridgehead atoms. The van der Waals surface area contributed by atoms with E-state index in [4.69, 9.17) is 9.47 Å². The lowest BCUT2D eigenvalue weighted by molar-refractivity contribution is -0.131. The van der Waals surface area contributed by atoms with Crippen LogP contribution in [0.1, 0.15) is 25.8 Å². The molecular weight excluding hydrogens is 312 g/mol. The molecule has 1 atom stereocenters. The minimum atomic E-state index is -0.200. The van der Waals surface area contributed by atoms with E-state index in [1.54, 1.807) is 0 Å². The Morgan fingerprint density at radius 2 is 2.12 bits per heavy atom. The van der Waals surface area contributed by atoms with Crippen LogP contribution in [0.15, 0.2) is 36.4 Å². The van der Waals surface area contributed by atoms with Crippen molar-refractivity contribution in [1.29, 1.82) is 0 Å². The Bertz CT molecular complexity index is 548. The van der Waals surface area contributed by atoms with Crippen LogP contribution in [0.2, 0.25) is 0 Å². The van der Waals surface area contributed by atoms with Crippen LogP contribution in [0.5, 0.6) is 0 Å². The fourth-order valence-corrected chi connectivity index (χ4v) is 3.57. The number of benzene rings is 1. The largest absolute Gasteiger partial charge is 0.377 e. The first-order valence-corrected chi connectivity index (χ1v) is 9.56. The molecule has 3 rings (SSSR count). The summed E-state index contributed by atoms with van der Waals surface area (Å²) in [4.78, 5) is 2.53. The van der Waals surface area contributed by atoms with Gasteiger partial charge >= 0.3 is 0 Å². The third kappa shape index (κ3) is 5.38. The molecule has 1 unspecified atom stereocenters. The Balaban J connectivity index is 1.71. The van der Waals surface area contributed by atoms with Crippen LogP contribution in [0, 0.1) is 5.92 Å². The molecule has 2 heterocycles. The molecule has 0 aliphatic carbocycles. The minimum Gasteiger partial charge on any atom is -0.377 e. The van der Waals surface area contributed by atoms with E-state index in [2.05, 4.69) is 60.5 Å². The van der Waals surface area contributed by atoms with Gasteiger partial charge in [-0.3, -0.25) is 4.90 Å². The van der Waals surface area contributed by atoms with Crippen LogP contribution < -0.4 is 5.32 Å². The fraction of sp³-hybridized carbons (Fsp3) is 0.619. The molecular formula is C21H32N2O2. The summed E-state index contributed by atoms with van der Waals surface area (Å²) in [7, 11) is 0. The molecule has 1 spiro atoms. The third-order valence-electron chi connectivity index (χ3n) is 4.94. The topological polar surface area (TPSA) is 33.7 Å². The first-order valence-electron chi connectivity index (χ1n) is 9.56. The SMILES string of the molecule is CC(C)CC=C(CN1CCOC2(CNCCOC2)C1)c1ccccc1. The summed E-state index contributed by atoms with van der Waals surface area (Å²) in [5.41, 5.74) is 2.56. The van der Waals surface area contributed by atoms with Crippen molar-refractivity contribution in [2.24, 2.45) is 5.92 Å². The molecule has 4 nitrogen and oxygen atoms in total. The maximum absolute atomic E-state index is 6.15. The van der Waals surface area contributed by atoms with Crippen molar-refractivity contribution in [3.05, 3.63) is 42.0 Å². The Labute approximate surface area is 152 Å². The van der Waals surface area contributed by atoms with E-state index in [0.29, 0.717) is 12.5 Å². The van der Waals surface area contributed by atoms with Gasteiger partial charge in [-0.05, 0) is 23.5 Å². The molecule has 4 heteroatoms. The van der Waals surface area contributed by atoms with Gasteiger partial charge < -0.3 is 14.8 Å². The highest BCUT2D eigenvalue weighted by Crippen LogP contribution is 2.24. The first-order chi connectivity index (χ1) is 12.2. The lowest BCUT2D eigenvalue weighted by Crippen LogP contribution is -2.58. The summed E-state index contributed by atoms with van der Waals surface area (Å²) in [5.74, 6) is 0.675. The molecule has 2 aliphatic rings. The summed E-state index contributed by atoms with van der Waals surface area (Å²) in [5, 5.41) is 3.46. The van der Waals surface area contributed by atoms with Crippen molar-refractivity contribution >= 4 is 5.57 Å². The number of allylic oxidation sites excluding steroid dienone is 1. The number of morpholine rings is 1. The summed E-state index contributed by atoms with van der Waals surface area (Å²) < 4.78 is 11.9. The molecule has 1 aromatic carbocycles. The molecule has 2 fully saturated rings. The maximum Gasteiger partial charge on any atom is 0.116 e. The highest BCUT2D eigenvalue weighted by Gasteiger charge is 2.38. The molecule has 2 saturated heterocycles. The standard InChI is InChI=1S/C21H32N2O2/c1-18(2)8-9-20(19-6-4-3-5-7-19)14-23-11-13-25-21(16-23)15-22-10-12-24-17-21/h3-7,9,18,22H,8,10-17H2,1-2H3. The van der Waals surface area contributed by atoms with Gasteiger partial charge in [-0.2, -0.15) is 0 Å². The normalized spacial score (nSPS) is 26.1. The van der Waals surface area contributed by atoms with E-state index in [-0.39, 0.29) is 5.60 Å². The van der Waals surface area contributed by atoms with Crippen LogP contribution >= 0.6 is 0 Å². The first kappa shape index (κ1) is 18.6. The summed E-state index contributed by atoms with van der Waals surface area (Å²) in [6.07, 6.45) is 3.54. The summed E-state index contributed by atoms with van der Waals surface area (Å²) in [6, 6.07) is 10.8. The lowest BCUT2D eigenvalue weighted by atomic mass is 9.98. The van der Waals surface area contributed by atoms with Gasteiger partial charge in [0.15, 0.2) is 0 Å². The number of rotatable bonds is 5. The molecule has 1 N–H and O–H groups in total. The quantitative estimate of drug-likeness (QED) is 0.891. The molecule has 138 valence electrons. The van der Waals surface area contributed by atoms with Crippen molar-refractivity contribution in [3.8, 4) is 0 Å². The summed E-state index contributed by atoms with van der Waals surface area (Å²) >= 11 is 0. The zero-order chi connectivity index (χ0) is 17.5. The predicted octanol–water partition coefficient (Wildman–Crippen LogP) is 2.81. The van der Waals surface area contributed by atoms with E-state index in [1.807, 2.05) is 0 Å². The van der Waals surface area contributed by atoms with Crippen molar-refractivity contribution in [2.75, 3.05) is 52.5 Å². The van der Waals surface area contributed by atoms with Gasteiger partial charge in [0.25, 0.3) is 0 Å². The summed E-state index contributed by atoms with van der Waals surface area (Å²) in [6.45, 7) is 11.4. The zero-order valence-electron chi connectivity index (χ0n) is 15.7. The third-order valence-corrected chi connectivity index (χ3v) is 4.94. The lowest BCUT2D eigenvalue weighted by Gasteiger charge is -2.42. The zero-order valence-corrected chi connectivity index (χ0v) is 15.7. The van der Waals surface area contributed by atoms with E-state index in [9.17, 15) is 0 Å². The molecule has 0 saturated carbocycles. The van der Waals surface area contributed by atoms with Gasteiger partial charge in [0.05, 0.1) is 19.8 Å². The Hall–Kier alpha value is -1.20. The second-order valence-electron chi connectivity index (χ2n) is 7.70. The van der Waals surface area contributed by atoms with E-state index < -0.39 is 0 Å². The predicted molar refractivity (Wildman–Crippen MR) is 103 cm³/mol. The van der Waals surface area contributed by atoms with Gasteiger partial charge in [0.1, 0.15) is 5.60 Å². The Kier molecular flexibility index (Phi) is 6.65. The molecule has 0 amide bonds. The number of hydrogen-bond acceptors (Lipinski definition) is 4. The minimum absolute atomic E-state index is 0.200. The van der Waals surface area contributed by atoms with Crippen LogP contribution in [0.3, 0.4) is 0 Å². The number of ether oxygens (including phenoxy) is 2. The Morgan fingerprint density at radius 1 is 1.28 bits per heavy atom. The molecule has 2 aliphatic heterocycles. The number of nitrogens with one attached hydrogen (secondary N) is 1. The van der Waals surface area contributed by atoms with Crippen molar-refractivity contribution < 1.29 is 9.47 Å². The van der Waals surface area contributed by atoms with Crippen LogP contribution in [0.4, 0.5) is 0 Å². The van der Waals surface area contributed by atoms with E-state index in [0.717, 1.165) is 52.4 Å². The molecule has 0 radical (unpaired) electrons. The van der Waals surface area contributed by atoms with Crippen molar-refractivity contribution in [2.45, 2.75) is 25.9 Å². The second kappa shape index (κ2) is 8.95. The average molecular weight is 344 g/mol. The highest BCUT2D eigenvalue weighted by molar-refractivity contribution is 5.66. The highest BCUT2D eigenvalue weighted by atomic mass is 16.5. The number of hydrogen-bond donors (Lipinski definition) is 1. The van der Waals surface area contributed by atoms with Crippen molar-refractivity contribution in [1.82, 2.24) is 10.2 Å². The van der Waals surface area contributed by atoms with Gasteiger partial charge in [0, 0.05) is 32.7 Å². The Morgan fingerprint density at radius 3 is 2.92 bits per heavy atom. The fourth-order valence-electron chi connectivity index (χ4n) is 3.57. The van der Waals surface area contributed by atoms with Crippen LogP contribution in [0.25, 0.3) is 5.57 Å². The van der Waals surface area contributed by atoms with Crippen LogP contribution in [-0.4, -0.2) is 63.0 Å². The van der Waals surface area contributed by atoms with Gasteiger partial charge in [-0.15, -0.1) is 0 Å². The number of nitrogens with zero attached hydrogens (tertiary/aromatic N) is 1. The second-order valence-corrected chi connectivity index (χ2v) is 7.70. The molecule has 1 aromatic rings. The maximum atomic E-state index is 6.15. The smallest absolute Gasteiger partial charge is 0.116 e. The van der Waals surface area contributed by atoms with Gasteiger partial charge in [-0.1, -0.05) is 50.3 Å². The van der Waals surface area contributed by atoms with E-state index in [1.165, 1.54) is 11.1 Å². The average Bonchev–Trinajstić information content (AvgIpc) is 2.85. The van der Waals surface area contributed by atoms with Gasteiger partial charge in [0.2, 0.25) is 0 Å². The van der Waals surface area contributed by atoms with Crippen molar-refractivity contribution in [3.63, 3.8) is 0 Å². The van der Waals surface area contributed by atoms with Gasteiger partial charge in [-0.25, -0.2) is 0 Å².